The van der Waals surface area contributed by atoms with Gasteiger partial charge in [0.05, 0.1) is 6.54 Å². The van der Waals surface area contributed by atoms with E-state index in [2.05, 4.69) is 0 Å². The number of anilines is 1. The molecule has 0 aliphatic rings. The largest absolute Gasteiger partial charge is 0.378 e. The zero-order chi connectivity index (χ0) is 19.3. The van der Waals surface area contributed by atoms with E-state index in [0.717, 1.165) is 17.3 Å². The van der Waals surface area contributed by atoms with Crippen LogP contribution >= 0.6 is 0 Å². The highest BCUT2D eigenvalue weighted by molar-refractivity contribution is 5.78. The molecule has 0 saturated heterocycles. The Bertz CT molecular complexity index is 747. The Kier molecular flexibility index (Phi) is 6.69. The van der Waals surface area contributed by atoms with E-state index in [1.165, 1.54) is 12.1 Å². The summed E-state index contributed by atoms with van der Waals surface area (Å²) in [5.41, 5.74) is 2.51. The van der Waals surface area contributed by atoms with Gasteiger partial charge in [0, 0.05) is 51.5 Å². The number of hydrogen-bond acceptors (Lipinski definition) is 3. The Labute approximate surface area is 153 Å². The molecule has 0 aliphatic carbocycles. The van der Waals surface area contributed by atoms with E-state index >= 15 is 0 Å². The van der Waals surface area contributed by atoms with Crippen molar-refractivity contribution in [2.45, 2.75) is 13.1 Å². The number of carbonyl (C=O) groups excluding carboxylic acids is 1. The van der Waals surface area contributed by atoms with E-state index in [-0.39, 0.29) is 19.0 Å². The van der Waals surface area contributed by atoms with E-state index < -0.39 is 11.6 Å². The van der Waals surface area contributed by atoms with E-state index in [0.29, 0.717) is 12.1 Å². The molecular formula is C20H25F2N3O. The summed E-state index contributed by atoms with van der Waals surface area (Å²) in [7, 11) is 7.43. The SMILES string of the molecule is CN(CC(=O)N(C)Cc1ccc(N(C)C)cc1)Cc1ccc(F)cc1F. The number of halogens is 2. The topological polar surface area (TPSA) is 26.8 Å². The lowest BCUT2D eigenvalue weighted by Gasteiger charge is -2.22. The second-order valence-corrected chi connectivity index (χ2v) is 6.72. The van der Waals surface area contributed by atoms with Crippen molar-refractivity contribution in [1.29, 1.82) is 0 Å². The van der Waals surface area contributed by atoms with Crippen LogP contribution in [0.3, 0.4) is 0 Å². The van der Waals surface area contributed by atoms with Gasteiger partial charge in [-0.15, -0.1) is 0 Å². The lowest BCUT2D eigenvalue weighted by Crippen LogP contribution is -2.36. The van der Waals surface area contributed by atoms with Crippen molar-refractivity contribution in [2.75, 3.05) is 39.6 Å². The number of benzene rings is 2. The van der Waals surface area contributed by atoms with E-state index in [1.807, 2.05) is 43.3 Å². The summed E-state index contributed by atoms with van der Waals surface area (Å²) in [6.07, 6.45) is 0. The molecular weight excluding hydrogens is 336 g/mol. The Hall–Kier alpha value is -2.47. The van der Waals surface area contributed by atoms with Crippen LogP contribution < -0.4 is 4.90 Å². The van der Waals surface area contributed by atoms with Gasteiger partial charge in [-0.1, -0.05) is 18.2 Å². The van der Waals surface area contributed by atoms with Crippen LogP contribution in [0, 0.1) is 11.6 Å². The lowest BCUT2D eigenvalue weighted by molar-refractivity contribution is -0.131. The first-order valence-corrected chi connectivity index (χ1v) is 8.39. The molecule has 0 spiro atoms. The molecule has 0 atom stereocenters. The van der Waals surface area contributed by atoms with Crippen molar-refractivity contribution in [2.24, 2.45) is 0 Å². The molecule has 0 radical (unpaired) electrons. The summed E-state index contributed by atoms with van der Waals surface area (Å²) in [5.74, 6) is -1.27. The first-order valence-electron chi connectivity index (χ1n) is 8.39. The Morgan fingerprint density at radius 2 is 1.58 bits per heavy atom. The number of carbonyl (C=O) groups is 1. The normalized spacial score (nSPS) is 10.9. The highest BCUT2D eigenvalue weighted by Crippen LogP contribution is 2.14. The fraction of sp³-hybridized carbons (Fsp3) is 0.350. The average molecular weight is 361 g/mol. The van der Waals surface area contributed by atoms with Crippen LogP contribution in [0.15, 0.2) is 42.5 Å². The smallest absolute Gasteiger partial charge is 0.236 e. The summed E-state index contributed by atoms with van der Waals surface area (Å²) in [5, 5.41) is 0. The van der Waals surface area contributed by atoms with Gasteiger partial charge < -0.3 is 9.80 Å². The standard InChI is InChI=1S/C20H25F2N3O/c1-23(2)18-9-5-15(6-10-18)12-25(4)20(26)14-24(3)13-16-7-8-17(21)11-19(16)22/h5-11H,12-14H2,1-4H3. The number of nitrogens with zero attached hydrogens (tertiary/aromatic N) is 3. The molecule has 26 heavy (non-hydrogen) atoms. The van der Waals surface area contributed by atoms with Crippen molar-refractivity contribution in [1.82, 2.24) is 9.80 Å². The molecule has 0 saturated carbocycles. The minimum atomic E-state index is -0.606. The lowest BCUT2D eigenvalue weighted by atomic mass is 10.2. The first kappa shape index (κ1) is 19.8. The minimum Gasteiger partial charge on any atom is -0.378 e. The van der Waals surface area contributed by atoms with Crippen molar-refractivity contribution < 1.29 is 13.6 Å². The monoisotopic (exact) mass is 361 g/mol. The molecule has 0 N–H and O–H groups in total. The minimum absolute atomic E-state index is 0.0632. The summed E-state index contributed by atoms with van der Waals surface area (Å²) in [6.45, 7) is 0.900. The number of likely N-dealkylation sites (N-methyl/N-ethyl adjacent to an activating group) is 2. The quantitative estimate of drug-likeness (QED) is 0.758. The fourth-order valence-corrected chi connectivity index (χ4v) is 2.61. The molecule has 2 rings (SSSR count). The number of amides is 1. The predicted molar refractivity (Wildman–Crippen MR) is 99.9 cm³/mol. The van der Waals surface area contributed by atoms with Gasteiger partial charge in [-0.25, -0.2) is 8.78 Å². The predicted octanol–water partition coefficient (Wildman–Crippen LogP) is 3.12. The summed E-state index contributed by atoms with van der Waals surface area (Å²) in [6, 6.07) is 11.5. The molecule has 6 heteroatoms. The van der Waals surface area contributed by atoms with Gasteiger partial charge in [0.15, 0.2) is 0 Å². The van der Waals surface area contributed by atoms with E-state index in [9.17, 15) is 13.6 Å². The molecule has 4 nitrogen and oxygen atoms in total. The van der Waals surface area contributed by atoms with Gasteiger partial charge in [0.2, 0.25) is 5.91 Å². The summed E-state index contributed by atoms with van der Waals surface area (Å²) >= 11 is 0. The third kappa shape index (κ3) is 5.52. The average Bonchev–Trinajstić information content (AvgIpc) is 2.57. The third-order valence-electron chi connectivity index (χ3n) is 4.16. The maximum absolute atomic E-state index is 13.7. The fourth-order valence-electron chi connectivity index (χ4n) is 2.61. The van der Waals surface area contributed by atoms with Gasteiger partial charge in [-0.05, 0) is 30.8 Å². The van der Waals surface area contributed by atoms with Crippen LogP contribution in [0.5, 0.6) is 0 Å². The van der Waals surface area contributed by atoms with Crippen molar-refractivity contribution >= 4 is 11.6 Å². The zero-order valence-electron chi connectivity index (χ0n) is 15.7. The molecule has 0 fully saturated rings. The first-order chi connectivity index (χ1) is 12.3. The Morgan fingerprint density at radius 1 is 0.923 bits per heavy atom. The van der Waals surface area contributed by atoms with Crippen molar-refractivity contribution in [3.05, 3.63) is 65.2 Å². The van der Waals surface area contributed by atoms with Crippen LogP contribution in [0.25, 0.3) is 0 Å². The molecule has 0 aliphatic heterocycles. The van der Waals surface area contributed by atoms with Gasteiger partial charge in [-0.2, -0.15) is 0 Å². The molecule has 2 aromatic rings. The summed E-state index contributed by atoms with van der Waals surface area (Å²) < 4.78 is 26.7. The zero-order valence-corrected chi connectivity index (χ0v) is 15.7. The summed E-state index contributed by atoms with van der Waals surface area (Å²) in [4.78, 5) is 17.8. The third-order valence-corrected chi connectivity index (χ3v) is 4.16. The maximum Gasteiger partial charge on any atom is 0.236 e. The van der Waals surface area contributed by atoms with Crippen molar-refractivity contribution in [3.63, 3.8) is 0 Å². The number of hydrogen-bond donors (Lipinski definition) is 0. The molecule has 2 aromatic carbocycles. The van der Waals surface area contributed by atoms with Crippen molar-refractivity contribution in [3.8, 4) is 0 Å². The Balaban J connectivity index is 1.89. The van der Waals surface area contributed by atoms with Crippen LogP contribution in [0.4, 0.5) is 14.5 Å². The molecule has 1 amide bonds. The molecule has 0 unspecified atom stereocenters. The van der Waals surface area contributed by atoms with Crippen LogP contribution in [0.2, 0.25) is 0 Å². The maximum atomic E-state index is 13.7. The molecule has 0 heterocycles. The molecule has 140 valence electrons. The molecule has 0 aromatic heterocycles. The molecule has 0 bridgehead atoms. The highest BCUT2D eigenvalue weighted by Gasteiger charge is 2.14. The van der Waals surface area contributed by atoms with Gasteiger partial charge in [0.25, 0.3) is 0 Å². The second kappa shape index (κ2) is 8.76. The number of rotatable bonds is 7. The van der Waals surface area contributed by atoms with Crippen LogP contribution in [0.1, 0.15) is 11.1 Å². The Morgan fingerprint density at radius 3 is 2.15 bits per heavy atom. The van der Waals surface area contributed by atoms with Crippen LogP contribution in [-0.4, -0.2) is 50.4 Å². The van der Waals surface area contributed by atoms with E-state index in [1.54, 1.807) is 23.9 Å². The van der Waals surface area contributed by atoms with Crippen LogP contribution in [-0.2, 0) is 17.9 Å². The van der Waals surface area contributed by atoms with E-state index in [4.69, 9.17) is 0 Å². The highest BCUT2D eigenvalue weighted by atomic mass is 19.1. The van der Waals surface area contributed by atoms with Gasteiger partial charge >= 0.3 is 0 Å². The van der Waals surface area contributed by atoms with Gasteiger partial charge in [-0.3, -0.25) is 9.69 Å². The second-order valence-electron chi connectivity index (χ2n) is 6.72. The van der Waals surface area contributed by atoms with Gasteiger partial charge in [0.1, 0.15) is 11.6 Å².